The van der Waals surface area contributed by atoms with Gasteiger partial charge in [0.05, 0.1) is 0 Å². The van der Waals surface area contributed by atoms with Crippen LogP contribution in [0, 0.1) is 0 Å². The minimum atomic E-state index is 0.233. The van der Waals surface area contributed by atoms with Crippen molar-refractivity contribution < 1.29 is 4.79 Å². The molecular weight excluding hydrogens is 270 g/mol. The first kappa shape index (κ1) is 21.2. The Kier molecular flexibility index (Phi) is 17.6. The van der Waals surface area contributed by atoms with Gasteiger partial charge < -0.3 is 5.32 Å². The van der Waals surface area contributed by atoms with Crippen LogP contribution in [0.2, 0.25) is 0 Å². The van der Waals surface area contributed by atoms with Crippen molar-refractivity contribution in [1.82, 2.24) is 5.32 Å². The highest BCUT2D eigenvalue weighted by atomic mass is 16.1. The maximum Gasteiger partial charge on any atom is 0.219 e. The predicted octanol–water partition coefficient (Wildman–Crippen LogP) is 6.16. The summed E-state index contributed by atoms with van der Waals surface area (Å²) in [4.78, 5) is 11.6. The Labute approximate surface area is 139 Å². The Morgan fingerprint density at radius 2 is 1.36 bits per heavy atom. The summed E-state index contributed by atoms with van der Waals surface area (Å²) in [6.45, 7) is 5.12. The standard InChI is InChI=1S/C20H39NO/c1-3-5-7-9-10-11-12-13-14-15-16-18-20(22)21-19-17-8-6-4-2/h4,6H,3,5,7-19H2,1-2H3,(H,21,22). The summed E-state index contributed by atoms with van der Waals surface area (Å²) in [6, 6.07) is 0. The molecule has 130 valence electrons. The summed E-state index contributed by atoms with van der Waals surface area (Å²) in [5.41, 5.74) is 0. The van der Waals surface area contributed by atoms with Gasteiger partial charge in [-0.15, -0.1) is 0 Å². The van der Waals surface area contributed by atoms with Gasteiger partial charge in [-0.2, -0.15) is 0 Å². The first-order chi connectivity index (χ1) is 10.8. The van der Waals surface area contributed by atoms with Crippen LogP contribution in [0.15, 0.2) is 12.2 Å². The highest BCUT2D eigenvalue weighted by Crippen LogP contribution is 2.11. The molecule has 0 rings (SSSR count). The lowest BCUT2D eigenvalue weighted by atomic mass is 10.1. The number of hydrogen-bond acceptors (Lipinski definition) is 1. The van der Waals surface area contributed by atoms with Crippen molar-refractivity contribution in [2.24, 2.45) is 0 Å². The Morgan fingerprint density at radius 1 is 0.818 bits per heavy atom. The monoisotopic (exact) mass is 309 g/mol. The van der Waals surface area contributed by atoms with Crippen molar-refractivity contribution in [2.45, 2.75) is 104 Å². The number of carbonyl (C=O) groups excluding carboxylic acids is 1. The normalized spacial score (nSPS) is 11.2. The van der Waals surface area contributed by atoms with Gasteiger partial charge in [0, 0.05) is 13.0 Å². The average molecular weight is 310 g/mol. The molecular formula is C20H39NO. The van der Waals surface area contributed by atoms with Crippen LogP contribution in [0.4, 0.5) is 0 Å². The zero-order valence-electron chi connectivity index (χ0n) is 15.2. The van der Waals surface area contributed by atoms with Crippen molar-refractivity contribution in [3.05, 3.63) is 12.2 Å². The molecule has 1 N–H and O–H groups in total. The van der Waals surface area contributed by atoms with Crippen LogP contribution in [0.3, 0.4) is 0 Å². The topological polar surface area (TPSA) is 29.1 Å². The van der Waals surface area contributed by atoms with Gasteiger partial charge in [-0.05, 0) is 26.2 Å². The first-order valence-electron chi connectivity index (χ1n) is 9.69. The van der Waals surface area contributed by atoms with Gasteiger partial charge in [-0.3, -0.25) is 4.79 Å². The third kappa shape index (κ3) is 17.3. The molecule has 2 nitrogen and oxygen atoms in total. The average Bonchev–Trinajstić information content (AvgIpc) is 2.52. The molecule has 0 radical (unpaired) electrons. The second-order valence-electron chi connectivity index (χ2n) is 6.35. The van der Waals surface area contributed by atoms with Crippen molar-refractivity contribution in [3.8, 4) is 0 Å². The van der Waals surface area contributed by atoms with Gasteiger partial charge >= 0.3 is 0 Å². The molecule has 1 amide bonds. The molecule has 22 heavy (non-hydrogen) atoms. The van der Waals surface area contributed by atoms with Gasteiger partial charge in [0.2, 0.25) is 5.91 Å². The molecule has 0 saturated heterocycles. The van der Waals surface area contributed by atoms with E-state index in [9.17, 15) is 4.79 Å². The van der Waals surface area contributed by atoms with E-state index in [0.717, 1.165) is 25.8 Å². The number of carbonyl (C=O) groups is 1. The van der Waals surface area contributed by atoms with Crippen LogP contribution in [0.25, 0.3) is 0 Å². The van der Waals surface area contributed by atoms with Gasteiger partial charge in [0.15, 0.2) is 0 Å². The smallest absolute Gasteiger partial charge is 0.219 e. The Morgan fingerprint density at radius 3 is 1.91 bits per heavy atom. The Balaban J connectivity index is 3.13. The zero-order valence-corrected chi connectivity index (χ0v) is 15.2. The van der Waals surface area contributed by atoms with Crippen molar-refractivity contribution in [2.75, 3.05) is 6.54 Å². The van der Waals surface area contributed by atoms with E-state index in [-0.39, 0.29) is 5.91 Å². The highest BCUT2D eigenvalue weighted by molar-refractivity contribution is 5.75. The lowest BCUT2D eigenvalue weighted by Crippen LogP contribution is -2.23. The number of allylic oxidation sites excluding steroid dienone is 2. The lowest BCUT2D eigenvalue weighted by Gasteiger charge is -2.04. The SMILES string of the molecule is CC=CCCCNC(=O)CCCCCCCCCCCCC. The van der Waals surface area contributed by atoms with E-state index in [4.69, 9.17) is 0 Å². The van der Waals surface area contributed by atoms with E-state index in [1.807, 2.05) is 6.92 Å². The van der Waals surface area contributed by atoms with Crippen LogP contribution in [0.1, 0.15) is 104 Å². The second kappa shape index (κ2) is 18.3. The van der Waals surface area contributed by atoms with Crippen LogP contribution in [-0.2, 0) is 4.79 Å². The fraction of sp³-hybridized carbons (Fsp3) is 0.850. The van der Waals surface area contributed by atoms with E-state index in [2.05, 4.69) is 24.4 Å². The molecule has 2 heteroatoms. The molecule has 0 saturated carbocycles. The molecule has 0 aliphatic rings. The summed E-state index contributed by atoms with van der Waals surface area (Å²) >= 11 is 0. The molecule has 0 bridgehead atoms. The molecule has 0 heterocycles. The lowest BCUT2D eigenvalue weighted by molar-refractivity contribution is -0.121. The number of nitrogens with one attached hydrogen (secondary N) is 1. The van der Waals surface area contributed by atoms with Gasteiger partial charge in [-0.1, -0.05) is 83.3 Å². The Hall–Kier alpha value is -0.790. The third-order valence-electron chi connectivity index (χ3n) is 4.11. The highest BCUT2D eigenvalue weighted by Gasteiger charge is 2.00. The number of rotatable bonds is 16. The minimum Gasteiger partial charge on any atom is -0.356 e. The number of unbranched alkanes of at least 4 members (excludes halogenated alkanes) is 11. The van der Waals surface area contributed by atoms with Crippen LogP contribution in [-0.4, -0.2) is 12.5 Å². The molecule has 0 aromatic rings. The quantitative estimate of drug-likeness (QED) is 0.268. The van der Waals surface area contributed by atoms with Gasteiger partial charge in [-0.25, -0.2) is 0 Å². The van der Waals surface area contributed by atoms with Gasteiger partial charge in [0.25, 0.3) is 0 Å². The maximum absolute atomic E-state index is 11.6. The van der Waals surface area contributed by atoms with Crippen LogP contribution >= 0.6 is 0 Å². The van der Waals surface area contributed by atoms with E-state index in [1.54, 1.807) is 0 Å². The number of amides is 1. The van der Waals surface area contributed by atoms with E-state index in [1.165, 1.54) is 64.2 Å². The molecule has 0 spiro atoms. The fourth-order valence-electron chi connectivity index (χ4n) is 2.65. The molecule has 0 aliphatic carbocycles. The van der Waals surface area contributed by atoms with Crippen molar-refractivity contribution >= 4 is 5.91 Å². The Bertz CT molecular complexity index is 260. The summed E-state index contributed by atoms with van der Waals surface area (Å²) in [5, 5.41) is 3.00. The summed E-state index contributed by atoms with van der Waals surface area (Å²) in [5.74, 6) is 0.233. The molecule has 0 fully saturated rings. The number of hydrogen-bond donors (Lipinski definition) is 1. The van der Waals surface area contributed by atoms with Crippen LogP contribution in [0.5, 0.6) is 0 Å². The molecule has 0 unspecified atom stereocenters. The molecule has 0 aliphatic heterocycles. The van der Waals surface area contributed by atoms with Crippen LogP contribution < -0.4 is 5.32 Å². The zero-order chi connectivity index (χ0) is 16.3. The van der Waals surface area contributed by atoms with Crippen molar-refractivity contribution in [1.29, 1.82) is 0 Å². The van der Waals surface area contributed by atoms with E-state index in [0.29, 0.717) is 6.42 Å². The third-order valence-corrected chi connectivity index (χ3v) is 4.11. The molecule has 0 aromatic carbocycles. The fourth-order valence-corrected chi connectivity index (χ4v) is 2.65. The van der Waals surface area contributed by atoms with E-state index >= 15 is 0 Å². The van der Waals surface area contributed by atoms with Gasteiger partial charge in [0.1, 0.15) is 0 Å². The second-order valence-corrected chi connectivity index (χ2v) is 6.35. The summed E-state index contributed by atoms with van der Waals surface area (Å²) in [7, 11) is 0. The first-order valence-corrected chi connectivity index (χ1v) is 9.69. The van der Waals surface area contributed by atoms with E-state index < -0.39 is 0 Å². The summed E-state index contributed by atoms with van der Waals surface area (Å²) < 4.78 is 0. The predicted molar refractivity (Wildman–Crippen MR) is 98.1 cm³/mol. The molecule has 0 aromatic heterocycles. The summed E-state index contributed by atoms with van der Waals surface area (Å²) in [6.07, 6.45) is 21.7. The molecule has 0 atom stereocenters. The van der Waals surface area contributed by atoms with Crippen molar-refractivity contribution in [3.63, 3.8) is 0 Å². The maximum atomic E-state index is 11.6. The largest absolute Gasteiger partial charge is 0.356 e. The minimum absolute atomic E-state index is 0.233.